The molecule has 8 heteroatoms. The number of β-amino-alcohol motifs (C(OH)–C–C–N with tert-alkyl or cyclic N) is 1. The Bertz CT molecular complexity index is 1290. The Hall–Kier alpha value is -3.36. The van der Waals surface area contributed by atoms with Crippen LogP contribution >= 0.6 is 0 Å². The van der Waals surface area contributed by atoms with Crippen molar-refractivity contribution in [2.75, 3.05) is 33.4 Å². The van der Waals surface area contributed by atoms with Gasteiger partial charge in [-0.2, -0.15) is 0 Å². The molecule has 1 aliphatic heterocycles. The molecule has 4 aromatic rings. The maximum Gasteiger partial charge on any atom is 0.283 e. The number of aromatic nitrogens is 2. The summed E-state index contributed by atoms with van der Waals surface area (Å²) >= 11 is 0. The highest BCUT2D eigenvalue weighted by molar-refractivity contribution is 5.87. The average molecular weight is 478 g/mol. The summed E-state index contributed by atoms with van der Waals surface area (Å²) in [6.07, 6.45) is 1.49. The van der Waals surface area contributed by atoms with E-state index in [1.807, 2.05) is 36.4 Å². The molecule has 3 heterocycles. The lowest BCUT2D eigenvalue weighted by molar-refractivity contribution is 0.0598. The number of piperidine rings is 1. The van der Waals surface area contributed by atoms with Crippen LogP contribution in [-0.4, -0.2) is 59.7 Å². The van der Waals surface area contributed by atoms with Crippen LogP contribution < -0.4 is 9.47 Å². The molecule has 8 nitrogen and oxygen atoms in total. The van der Waals surface area contributed by atoms with Crippen LogP contribution in [0.1, 0.15) is 35.8 Å². The van der Waals surface area contributed by atoms with E-state index in [-0.39, 0.29) is 6.61 Å². The molecular weight excluding hydrogens is 446 g/mol. The number of hydrogen-bond donors (Lipinski definition) is 1. The van der Waals surface area contributed by atoms with Crippen molar-refractivity contribution in [2.24, 2.45) is 0 Å². The highest BCUT2D eigenvalue weighted by atomic mass is 16.5. The zero-order chi connectivity index (χ0) is 24.4. The molecule has 1 aliphatic rings. The normalized spacial score (nSPS) is 16.0. The van der Waals surface area contributed by atoms with Gasteiger partial charge < -0.3 is 28.3 Å². The molecule has 2 aromatic carbocycles. The van der Waals surface area contributed by atoms with E-state index in [1.165, 1.54) is 11.1 Å². The van der Waals surface area contributed by atoms with E-state index in [9.17, 15) is 5.11 Å². The Morgan fingerprint density at radius 1 is 1.06 bits per heavy atom. The second-order valence-corrected chi connectivity index (χ2v) is 9.14. The Morgan fingerprint density at radius 3 is 2.57 bits per heavy atom. The zero-order valence-electron chi connectivity index (χ0n) is 20.4. The first-order valence-corrected chi connectivity index (χ1v) is 12.0. The third-order valence-electron chi connectivity index (χ3n) is 6.66. The maximum absolute atomic E-state index is 10.7. The zero-order valence-corrected chi connectivity index (χ0v) is 20.4. The molecule has 2 aromatic heterocycles. The van der Waals surface area contributed by atoms with Crippen molar-refractivity contribution < 1.29 is 23.4 Å². The monoisotopic (exact) mass is 477 g/mol. The van der Waals surface area contributed by atoms with Gasteiger partial charge in [0.15, 0.2) is 5.76 Å². The molecule has 1 saturated heterocycles. The second-order valence-electron chi connectivity index (χ2n) is 9.14. The summed E-state index contributed by atoms with van der Waals surface area (Å²) in [6.45, 7) is 6.53. The lowest BCUT2D eigenvalue weighted by Crippen LogP contribution is -2.40. The molecule has 0 aliphatic carbocycles. The van der Waals surface area contributed by atoms with Crippen LogP contribution in [0.25, 0.3) is 22.6 Å². The number of methoxy groups -OCH3 is 1. The van der Waals surface area contributed by atoms with E-state index in [1.54, 1.807) is 14.0 Å². The van der Waals surface area contributed by atoms with Gasteiger partial charge in [0.25, 0.3) is 5.89 Å². The molecule has 0 saturated carbocycles. The van der Waals surface area contributed by atoms with Gasteiger partial charge in [-0.1, -0.05) is 18.2 Å². The van der Waals surface area contributed by atoms with Crippen LogP contribution in [0.15, 0.2) is 51.3 Å². The fraction of sp³-hybridized carbons (Fsp3) is 0.407. The number of hydrogen-bond acceptors (Lipinski definition) is 8. The van der Waals surface area contributed by atoms with Crippen molar-refractivity contribution in [3.8, 4) is 23.1 Å². The van der Waals surface area contributed by atoms with E-state index in [2.05, 4.69) is 28.1 Å². The number of furan rings is 1. The smallest absolute Gasteiger partial charge is 0.283 e. The SMILES string of the molecule is COc1cccc(C)c1C1CCN(CC(O)COc2cccc3oc(-c4nnc(C)o4)cc23)CC1. The van der Waals surface area contributed by atoms with Crippen LogP contribution in [0.5, 0.6) is 11.5 Å². The molecule has 0 amide bonds. The van der Waals surface area contributed by atoms with Crippen molar-refractivity contribution in [1.29, 1.82) is 0 Å². The van der Waals surface area contributed by atoms with Gasteiger partial charge in [0.05, 0.1) is 12.5 Å². The van der Waals surface area contributed by atoms with Crippen molar-refractivity contribution in [3.63, 3.8) is 0 Å². The number of nitrogens with zero attached hydrogens (tertiary/aromatic N) is 3. The molecule has 0 bridgehead atoms. The van der Waals surface area contributed by atoms with Crippen LogP contribution in [0.4, 0.5) is 0 Å². The summed E-state index contributed by atoms with van der Waals surface area (Å²) in [5.74, 6) is 3.40. The summed E-state index contributed by atoms with van der Waals surface area (Å²) in [7, 11) is 1.74. The fourth-order valence-corrected chi connectivity index (χ4v) is 4.96. The number of aliphatic hydroxyl groups is 1. The first kappa shape index (κ1) is 23.4. The summed E-state index contributed by atoms with van der Waals surface area (Å²) < 4.78 is 22.9. The summed E-state index contributed by atoms with van der Waals surface area (Å²) in [4.78, 5) is 2.31. The molecule has 35 heavy (non-hydrogen) atoms. The van der Waals surface area contributed by atoms with Gasteiger partial charge in [-0.15, -0.1) is 10.2 Å². The number of rotatable bonds is 8. The largest absolute Gasteiger partial charge is 0.496 e. The van der Waals surface area contributed by atoms with Crippen molar-refractivity contribution in [2.45, 2.75) is 38.7 Å². The van der Waals surface area contributed by atoms with Crippen molar-refractivity contribution >= 4 is 11.0 Å². The van der Waals surface area contributed by atoms with E-state index in [4.69, 9.17) is 18.3 Å². The molecule has 1 fully saturated rings. The van der Waals surface area contributed by atoms with Crippen LogP contribution in [0, 0.1) is 13.8 Å². The summed E-state index contributed by atoms with van der Waals surface area (Å²) in [6, 6.07) is 13.7. The Balaban J connectivity index is 1.17. The van der Waals surface area contributed by atoms with Gasteiger partial charge in [0, 0.05) is 25.1 Å². The molecular formula is C27H31N3O5. The number of aryl methyl sites for hydroxylation is 2. The number of benzene rings is 2. The predicted molar refractivity (Wildman–Crippen MR) is 132 cm³/mol. The van der Waals surface area contributed by atoms with E-state index >= 15 is 0 Å². The maximum atomic E-state index is 10.7. The summed E-state index contributed by atoms with van der Waals surface area (Å²) in [5, 5.41) is 19.4. The fourth-order valence-electron chi connectivity index (χ4n) is 4.96. The highest BCUT2D eigenvalue weighted by Crippen LogP contribution is 2.37. The minimum atomic E-state index is -0.597. The molecule has 1 atom stereocenters. The van der Waals surface area contributed by atoms with E-state index < -0.39 is 6.10 Å². The third kappa shape index (κ3) is 5.04. The molecule has 0 spiro atoms. The van der Waals surface area contributed by atoms with Crippen LogP contribution in [-0.2, 0) is 0 Å². The standard InChI is InChI=1S/C27H31N3O5/c1-17-6-4-9-24(32-3)26(17)19-10-12-30(13-11-19)15-20(31)16-33-22-7-5-8-23-21(22)14-25(35-23)27-29-28-18(2)34-27/h4-9,14,19-20,31H,10-13,15-16H2,1-3H3. The molecule has 1 unspecified atom stereocenters. The number of fused-ring (bicyclic) bond motifs is 1. The van der Waals surface area contributed by atoms with Gasteiger partial charge in [0.2, 0.25) is 5.89 Å². The second kappa shape index (κ2) is 10.1. The lowest BCUT2D eigenvalue weighted by atomic mass is 9.86. The molecule has 5 rings (SSSR count). The third-order valence-corrected chi connectivity index (χ3v) is 6.66. The average Bonchev–Trinajstić information content (AvgIpc) is 3.49. The Morgan fingerprint density at radius 2 is 1.83 bits per heavy atom. The van der Waals surface area contributed by atoms with Crippen molar-refractivity contribution in [3.05, 3.63) is 59.5 Å². The van der Waals surface area contributed by atoms with Gasteiger partial charge in [-0.3, -0.25) is 0 Å². The number of likely N-dealkylation sites (tertiary alicyclic amines) is 1. The number of aliphatic hydroxyl groups excluding tert-OH is 1. The quantitative estimate of drug-likeness (QED) is 0.389. The Labute approximate surface area is 204 Å². The predicted octanol–water partition coefficient (Wildman–Crippen LogP) is 4.73. The highest BCUT2D eigenvalue weighted by Gasteiger charge is 2.25. The van der Waals surface area contributed by atoms with Gasteiger partial charge >= 0.3 is 0 Å². The van der Waals surface area contributed by atoms with Gasteiger partial charge in [-0.25, -0.2) is 0 Å². The first-order chi connectivity index (χ1) is 17.0. The lowest BCUT2D eigenvalue weighted by Gasteiger charge is -2.34. The first-order valence-electron chi connectivity index (χ1n) is 12.0. The van der Waals surface area contributed by atoms with Crippen LogP contribution in [0.2, 0.25) is 0 Å². The molecule has 0 radical (unpaired) electrons. The van der Waals surface area contributed by atoms with Gasteiger partial charge in [0.1, 0.15) is 29.8 Å². The van der Waals surface area contributed by atoms with Gasteiger partial charge in [-0.05, 0) is 62.5 Å². The summed E-state index contributed by atoms with van der Waals surface area (Å²) in [5.41, 5.74) is 3.26. The van der Waals surface area contributed by atoms with Crippen LogP contribution in [0.3, 0.4) is 0 Å². The minimum absolute atomic E-state index is 0.199. The topological polar surface area (TPSA) is 94.0 Å². The van der Waals surface area contributed by atoms with E-state index in [0.29, 0.717) is 41.3 Å². The minimum Gasteiger partial charge on any atom is -0.496 e. The molecule has 1 N–H and O–H groups in total. The van der Waals surface area contributed by atoms with E-state index in [0.717, 1.165) is 37.1 Å². The Kier molecular flexibility index (Phi) is 6.74. The number of ether oxygens (including phenoxy) is 2. The molecule has 184 valence electrons. The van der Waals surface area contributed by atoms with Crippen molar-refractivity contribution in [1.82, 2.24) is 15.1 Å².